The minimum atomic E-state index is -0.250. The molecule has 0 aliphatic carbocycles. The summed E-state index contributed by atoms with van der Waals surface area (Å²) in [6.45, 7) is 0.462. The second-order valence-corrected chi connectivity index (χ2v) is 2.50. The monoisotopic (exact) mass is 169 g/mol. The van der Waals surface area contributed by atoms with Crippen molar-refractivity contribution in [2.75, 3.05) is 13.7 Å². The van der Waals surface area contributed by atoms with Gasteiger partial charge in [-0.15, -0.1) is 0 Å². The fourth-order valence-electron chi connectivity index (χ4n) is 1.01. The zero-order valence-corrected chi connectivity index (χ0v) is 7.01. The van der Waals surface area contributed by atoms with Gasteiger partial charge in [0.25, 0.3) is 0 Å². The first-order valence-corrected chi connectivity index (χ1v) is 3.80. The van der Waals surface area contributed by atoms with Gasteiger partial charge in [0.05, 0.1) is 7.11 Å². The van der Waals surface area contributed by atoms with E-state index in [0.29, 0.717) is 24.3 Å². The number of ether oxygens (including phenoxy) is 1. The third kappa shape index (κ3) is 1.95. The first kappa shape index (κ1) is 9.00. The molecule has 0 radical (unpaired) electrons. The van der Waals surface area contributed by atoms with Crippen molar-refractivity contribution in [2.45, 2.75) is 6.42 Å². The molecule has 0 unspecified atom stereocenters. The first-order chi connectivity index (χ1) is 5.77. The van der Waals surface area contributed by atoms with E-state index in [1.807, 2.05) is 0 Å². The Labute approximate surface area is 71.1 Å². The molecule has 0 heterocycles. The lowest BCUT2D eigenvalue weighted by atomic mass is 10.1. The third-order valence-corrected chi connectivity index (χ3v) is 1.67. The molecule has 2 N–H and O–H groups in total. The van der Waals surface area contributed by atoms with Crippen LogP contribution in [-0.4, -0.2) is 13.7 Å². The molecule has 0 atom stereocenters. The zero-order chi connectivity index (χ0) is 8.97. The number of halogens is 1. The summed E-state index contributed by atoms with van der Waals surface area (Å²) in [5.41, 5.74) is 5.94. The molecule has 0 fully saturated rings. The normalized spacial score (nSPS) is 9.92. The van der Waals surface area contributed by atoms with Gasteiger partial charge >= 0.3 is 0 Å². The molecule has 0 amide bonds. The van der Waals surface area contributed by atoms with E-state index in [1.54, 1.807) is 12.1 Å². The number of rotatable bonds is 3. The van der Waals surface area contributed by atoms with Crippen molar-refractivity contribution in [3.8, 4) is 5.75 Å². The van der Waals surface area contributed by atoms with Gasteiger partial charge in [0.15, 0.2) is 0 Å². The van der Waals surface area contributed by atoms with Crippen LogP contribution in [-0.2, 0) is 6.42 Å². The predicted octanol–water partition coefficient (Wildman–Crippen LogP) is 1.34. The Morgan fingerprint density at radius 1 is 1.50 bits per heavy atom. The highest BCUT2D eigenvalue weighted by Crippen LogP contribution is 2.15. The Morgan fingerprint density at radius 3 is 2.75 bits per heavy atom. The van der Waals surface area contributed by atoms with Gasteiger partial charge in [-0.3, -0.25) is 0 Å². The molecule has 1 aromatic carbocycles. The van der Waals surface area contributed by atoms with Crippen LogP contribution in [0.3, 0.4) is 0 Å². The molecule has 1 rings (SSSR count). The van der Waals surface area contributed by atoms with Crippen LogP contribution in [0.1, 0.15) is 5.56 Å². The molecule has 0 aliphatic heterocycles. The van der Waals surface area contributed by atoms with Crippen molar-refractivity contribution in [1.82, 2.24) is 0 Å². The molecule has 0 saturated heterocycles. The molecule has 0 saturated carbocycles. The molecule has 2 nitrogen and oxygen atoms in total. The van der Waals surface area contributed by atoms with Gasteiger partial charge < -0.3 is 10.5 Å². The molecule has 1 aromatic rings. The van der Waals surface area contributed by atoms with Crippen LogP contribution >= 0.6 is 0 Å². The Bertz CT molecular complexity index is 263. The Morgan fingerprint density at radius 2 is 2.25 bits per heavy atom. The average molecular weight is 169 g/mol. The molecular formula is C9H12FNO. The highest BCUT2D eigenvalue weighted by molar-refractivity contribution is 5.28. The SMILES string of the molecule is COc1ccc(CCN)c(F)c1. The van der Waals surface area contributed by atoms with Crippen LogP contribution in [0.25, 0.3) is 0 Å². The standard InChI is InChI=1S/C9H12FNO/c1-12-8-3-2-7(4-5-11)9(10)6-8/h2-3,6H,4-5,11H2,1H3. The number of nitrogens with two attached hydrogens (primary N) is 1. The van der Waals surface area contributed by atoms with E-state index in [0.717, 1.165) is 0 Å². The van der Waals surface area contributed by atoms with Crippen molar-refractivity contribution in [3.63, 3.8) is 0 Å². The van der Waals surface area contributed by atoms with Gasteiger partial charge in [-0.25, -0.2) is 4.39 Å². The number of hydrogen-bond acceptors (Lipinski definition) is 2. The van der Waals surface area contributed by atoms with Gasteiger partial charge in [-0.05, 0) is 24.6 Å². The largest absolute Gasteiger partial charge is 0.497 e. The molecule has 0 spiro atoms. The maximum absolute atomic E-state index is 13.1. The molecule has 0 aliphatic rings. The lowest BCUT2D eigenvalue weighted by Gasteiger charge is -2.03. The van der Waals surface area contributed by atoms with Crippen LogP contribution in [0.2, 0.25) is 0 Å². The fraction of sp³-hybridized carbons (Fsp3) is 0.333. The minimum Gasteiger partial charge on any atom is -0.497 e. The lowest BCUT2D eigenvalue weighted by Crippen LogP contribution is -2.04. The van der Waals surface area contributed by atoms with Gasteiger partial charge in [-0.2, -0.15) is 0 Å². The molecular weight excluding hydrogens is 157 g/mol. The summed E-state index contributed by atoms with van der Waals surface area (Å²) in [5.74, 6) is 0.285. The summed E-state index contributed by atoms with van der Waals surface area (Å²) < 4.78 is 17.9. The Kier molecular flexibility index (Phi) is 3.05. The fourth-order valence-corrected chi connectivity index (χ4v) is 1.01. The van der Waals surface area contributed by atoms with E-state index in [1.165, 1.54) is 13.2 Å². The van der Waals surface area contributed by atoms with Crippen molar-refractivity contribution < 1.29 is 9.13 Å². The smallest absolute Gasteiger partial charge is 0.130 e. The van der Waals surface area contributed by atoms with Gasteiger partial charge in [-0.1, -0.05) is 6.07 Å². The van der Waals surface area contributed by atoms with E-state index >= 15 is 0 Å². The molecule has 0 aromatic heterocycles. The quantitative estimate of drug-likeness (QED) is 0.741. The molecule has 66 valence electrons. The minimum absolute atomic E-state index is 0.250. The predicted molar refractivity (Wildman–Crippen MR) is 45.7 cm³/mol. The maximum Gasteiger partial charge on any atom is 0.130 e. The summed E-state index contributed by atoms with van der Waals surface area (Å²) in [5, 5.41) is 0. The highest BCUT2D eigenvalue weighted by atomic mass is 19.1. The number of benzene rings is 1. The number of methoxy groups -OCH3 is 1. The maximum atomic E-state index is 13.1. The average Bonchev–Trinajstić information content (AvgIpc) is 2.09. The topological polar surface area (TPSA) is 35.2 Å². The second-order valence-electron chi connectivity index (χ2n) is 2.50. The van der Waals surface area contributed by atoms with Gasteiger partial charge in [0.1, 0.15) is 11.6 Å². The van der Waals surface area contributed by atoms with Crippen LogP contribution in [0.4, 0.5) is 4.39 Å². The van der Waals surface area contributed by atoms with Crippen molar-refractivity contribution in [3.05, 3.63) is 29.6 Å². The van der Waals surface area contributed by atoms with Gasteiger partial charge in [0, 0.05) is 6.07 Å². The Balaban J connectivity index is 2.87. The molecule has 0 bridgehead atoms. The lowest BCUT2D eigenvalue weighted by molar-refractivity contribution is 0.410. The van der Waals surface area contributed by atoms with E-state index in [9.17, 15) is 4.39 Å². The summed E-state index contributed by atoms with van der Waals surface area (Å²) in [7, 11) is 1.51. The van der Waals surface area contributed by atoms with E-state index < -0.39 is 0 Å². The van der Waals surface area contributed by atoms with Gasteiger partial charge in [0.2, 0.25) is 0 Å². The van der Waals surface area contributed by atoms with E-state index in [-0.39, 0.29) is 5.82 Å². The Hall–Kier alpha value is -1.09. The van der Waals surface area contributed by atoms with Crippen LogP contribution < -0.4 is 10.5 Å². The van der Waals surface area contributed by atoms with Crippen molar-refractivity contribution in [1.29, 1.82) is 0 Å². The van der Waals surface area contributed by atoms with Crippen molar-refractivity contribution in [2.24, 2.45) is 5.73 Å². The second kappa shape index (κ2) is 4.07. The summed E-state index contributed by atoms with van der Waals surface area (Å²) in [6.07, 6.45) is 0.565. The zero-order valence-electron chi connectivity index (χ0n) is 7.01. The first-order valence-electron chi connectivity index (χ1n) is 3.80. The van der Waals surface area contributed by atoms with E-state index in [2.05, 4.69) is 0 Å². The summed E-state index contributed by atoms with van der Waals surface area (Å²) >= 11 is 0. The van der Waals surface area contributed by atoms with Crippen molar-refractivity contribution >= 4 is 0 Å². The van der Waals surface area contributed by atoms with E-state index in [4.69, 9.17) is 10.5 Å². The van der Waals surface area contributed by atoms with Crippen LogP contribution in [0, 0.1) is 5.82 Å². The molecule has 12 heavy (non-hydrogen) atoms. The van der Waals surface area contributed by atoms with Crippen LogP contribution in [0.5, 0.6) is 5.75 Å². The molecule has 3 heteroatoms. The summed E-state index contributed by atoms with van der Waals surface area (Å²) in [6, 6.07) is 4.79. The third-order valence-electron chi connectivity index (χ3n) is 1.67. The number of hydrogen-bond donors (Lipinski definition) is 1. The highest BCUT2D eigenvalue weighted by Gasteiger charge is 2.01. The summed E-state index contributed by atoms with van der Waals surface area (Å²) in [4.78, 5) is 0. The van der Waals surface area contributed by atoms with Crippen LogP contribution in [0.15, 0.2) is 18.2 Å².